The molecule has 1 aromatic carbocycles. The molecule has 5 nitrogen and oxygen atoms in total. The second-order valence-electron chi connectivity index (χ2n) is 3.92. The molecule has 0 spiro atoms. The Morgan fingerprint density at radius 2 is 2.00 bits per heavy atom. The molecule has 5 heteroatoms. The molecule has 0 radical (unpaired) electrons. The summed E-state index contributed by atoms with van der Waals surface area (Å²) < 4.78 is 4.66. The molecule has 1 atom stereocenters. The minimum absolute atomic E-state index is 0.0908. The van der Waals surface area contributed by atoms with E-state index in [1.165, 1.54) is 36.3 Å². The molecule has 1 aliphatic heterocycles. The number of phenols is 1. The number of hydrogen-bond acceptors (Lipinski definition) is 4. The lowest BCUT2D eigenvalue weighted by Gasteiger charge is -2.21. The number of phenolic OH excluding ortho intramolecular Hbond substituents is 1. The van der Waals surface area contributed by atoms with Gasteiger partial charge in [-0.1, -0.05) is 6.08 Å². The summed E-state index contributed by atoms with van der Waals surface area (Å²) in [7, 11) is 1.30. The molecule has 18 heavy (non-hydrogen) atoms. The summed E-state index contributed by atoms with van der Waals surface area (Å²) in [5.74, 6) is -0.640. The van der Waals surface area contributed by atoms with Crippen LogP contribution in [0.3, 0.4) is 0 Å². The molecule has 0 aliphatic carbocycles. The molecule has 94 valence electrons. The molecule has 0 aromatic heterocycles. The van der Waals surface area contributed by atoms with Crippen LogP contribution >= 0.6 is 0 Å². The fourth-order valence-corrected chi connectivity index (χ4v) is 1.83. The van der Waals surface area contributed by atoms with E-state index in [2.05, 4.69) is 4.74 Å². The Hall–Kier alpha value is -2.30. The minimum Gasteiger partial charge on any atom is -0.508 e. The summed E-state index contributed by atoms with van der Waals surface area (Å²) >= 11 is 0. The molecule has 0 bridgehead atoms. The first-order valence-corrected chi connectivity index (χ1v) is 5.49. The topological polar surface area (TPSA) is 66.8 Å². The van der Waals surface area contributed by atoms with Crippen molar-refractivity contribution in [3.8, 4) is 5.75 Å². The van der Waals surface area contributed by atoms with Gasteiger partial charge in [-0.05, 0) is 30.7 Å². The molecule has 0 saturated heterocycles. The lowest BCUT2D eigenvalue weighted by Crippen LogP contribution is -2.39. The van der Waals surface area contributed by atoms with Gasteiger partial charge in [-0.3, -0.25) is 4.79 Å². The first-order valence-electron chi connectivity index (χ1n) is 5.49. The first kappa shape index (κ1) is 12.2. The fourth-order valence-electron chi connectivity index (χ4n) is 1.83. The fraction of sp³-hybridized carbons (Fsp3) is 0.231. The van der Waals surface area contributed by atoms with E-state index in [1.54, 1.807) is 12.3 Å². The van der Waals surface area contributed by atoms with Crippen LogP contribution in [0.1, 0.15) is 16.8 Å². The number of hydrogen-bond donors (Lipinski definition) is 1. The number of benzene rings is 1. The Kier molecular flexibility index (Phi) is 3.32. The van der Waals surface area contributed by atoms with Gasteiger partial charge in [0.05, 0.1) is 7.11 Å². The molecule has 0 saturated carbocycles. The van der Waals surface area contributed by atoms with E-state index in [1.807, 2.05) is 0 Å². The van der Waals surface area contributed by atoms with Gasteiger partial charge in [-0.15, -0.1) is 0 Å². The van der Waals surface area contributed by atoms with Crippen molar-refractivity contribution in [3.63, 3.8) is 0 Å². The van der Waals surface area contributed by atoms with Crippen molar-refractivity contribution in [1.82, 2.24) is 4.90 Å². The van der Waals surface area contributed by atoms with Crippen LogP contribution in [0.15, 0.2) is 36.5 Å². The van der Waals surface area contributed by atoms with Crippen molar-refractivity contribution in [2.45, 2.75) is 12.5 Å². The number of aromatic hydroxyl groups is 1. The van der Waals surface area contributed by atoms with Crippen molar-refractivity contribution in [1.29, 1.82) is 0 Å². The smallest absolute Gasteiger partial charge is 0.329 e. The van der Waals surface area contributed by atoms with Crippen LogP contribution in [0, 0.1) is 0 Å². The number of carbonyl (C=O) groups is 2. The summed E-state index contributed by atoms with van der Waals surface area (Å²) in [6.07, 6.45) is 3.78. The van der Waals surface area contributed by atoms with Gasteiger partial charge < -0.3 is 14.7 Å². The maximum atomic E-state index is 12.2. The van der Waals surface area contributed by atoms with Crippen LogP contribution in [0.2, 0.25) is 0 Å². The van der Waals surface area contributed by atoms with Crippen LogP contribution in [0.4, 0.5) is 0 Å². The van der Waals surface area contributed by atoms with Crippen molar-refractivity contribution in [3.05, 3.63) is 42.1 Å². The average Bonchev–Trinajstić information content (AvgIpc) is 2.87. The predicted molar refractivity (Wildman–Crippen MR) is 63.8 cm³/mol. The highest BCUT2D eigenvalue weighted by atomic mass is 16.5. The number of esters is 1. The minimum atomic E-state index is -0.601. The Morgan fingerprint density at radius 1 is 1.33 bits per heavy atom. The normalized spacial score (nSPS) is 17.8. The van der Waals surface area contributed by atoms with E-state index in [9.17, 15) is 9.59 Å². The van der Waals surface area contributed by atoms with Crippen LogP contribution in [0.25, 0.3) is 0 Å². The largest absolute Gasteiger partial charge is 0.508 e. The quantitative estimate of drug-likeness (QED) is 0.800. The standard InChI is InChI=1S/C13H13NO4/c1-18-13(17)11-3-2-8-14(11)12(16)9-4-6-10(15)7-5-9/h2,4-8,11,15H,3H2,1H3/t11-/m0/s1. The summed E-state index contributed by atoms with van der Waals surface area (Å²) in [4.78, 5) is 25.0. The molecule has 0 fully saturated rings. The summed E-state index contributed by atoms with van der Waals surface area (Å²) in [6.45, 7) is 0. The van der Waals surface area contributed by atoms with E-state index in [0.717, 1.165) is 0 Å². The molecule has 0 unspecified atom stereocenters. The van der Waals surface area contributed by atoms with Gasteiger partial charge in [0.2, 0.25) is 0 Å². The third kappa shape index (κ3) is 2.20. The van der Waals surface area contributed by atoms with Gasteiger partial charge in [0, 0.05) is 11.8 Å². The molecule has 2 rings (SSSR count). The van der Waals surface area contributed by atoms with Gasteiger partial charge in [0.15, 0.2) is 0 Å². The Morgan fingerprint density at radius 3 is 2.61 bits per heavy atom. The highest BCUT2D eigenvalue weighted by Crippen LogP contribution is 2.20. The zero-order valence-electron chi connectivity index (χ0n) is 9.87. The van der Waals surface area contributed by atoms with E-state index < -0.39 is 12.0 Å². The van der Waals surface area contributed by atoms with Crippen LogP contribution in [-0.4, -0.2) is 35.0 Å². The van der Waals surface area contributed by atoms with Crippen LogP contribution in [-0.2, 0) is 9.53 Å². The van der Waals surface area contributed by atoms with E-state index in [4.69, 9.17) is 5.11 Å². The lowest BCUT2D eigenvalue weighted by atomic mass is 10.1. The molecule has 1 N–H and O–H groups in total. The highest BCUT2D eigenvalue weighted by Gasteiger charge is 2.32. The molecular formula is C13H13NO4. The molecule has 1 aromatic rings. The van der Waals surface area contributed by atoms with Gasteiger partial charge >= 0.3 is 5.97 Å². The monoisotopic (exact) mass is 247 g/mol. The maximum absolute atomic E-state index is 12.2. The van der Waals surface area contributed by atoms with E-state index in [-0.39, 0.29) is 11.7 Å². The first-order chi connectivity index (χ1) is 8.63. The molecule has 1 amide bonds. The number of methoxy groups -OCH3 is 1. The third-order valence-electron chi connectivity index (χ3n) is 2.78. The van der Waals surface area contributed by atoms with Gasteiger partial charge in [0.25, 0.3) is 5.91 Å². The summed E-state index contributed by atoms with van der Waals surface area (Å²) in [6, 6.07) is 5.28. The van der Waals surface area contributed by atoms with Crippen molar-refractivity contribution in [2.24, 2.45) is 0 Å². The number of nitrogens with zero attached hydrogens (tertiary/aromatic N) is 1. The number of rotatable bonds is 2. The van der Waals surface area contributed by atoms with Crippen molar-refractivity contribution >= 4 is 11.9 Å². The molecular weight excluding hydrogens is 234 g/mol. The Labute approximate surface area is 104 Å². The highest BCUT2D eigenvalue weighted by molar-refractivity contribution is 5.98. The second-order valence-corrected chi connectivity index (χ2v) is 3.92. The predicted octanol–water partition coefficient (Wildman–Crippen LogP) is 1.29. The zero-order valence-corrected chi connectivity index (χ0v) is 9.87. The van der Waals surface area contributed by atoms with Gasteiger partial charge in [-0.25, -0.2) is 4.79 Å². The second kappa shape index (κ2) is 4.91. The van der Waals surface area contributed by atoms with Crippen molar-refractivity contribution in [2.75, 3.05) is 7.11 Å². The zero-order chi connectivity index (χ0) is 13.1. The number of carbonyl (C=O) groups excluding carboxylic acids is 2. The van der Waals surface area contributed by atoms with Crippen LogP contribution in [0.5, 0.6) is 5.75 Å². The number of amides is 1. The van der Waals surface area contributed by atoms with E-state index in [0.29, 0.717) is 12.0 Å². The average molecular weight is 247 g/mol. The van der Waals surface area contributed by atoms with Gasteiger partial charge in [-0.2, -0.15) is 0 Å². The molecule has 1 heterocycles. The number of ether oxygens (including phenoxy) is 1. The Bertz CT molecular complexity index is 492. The summed E-state index contributed by atoms with van der Waals surface area (Å²) in [5, 5.41) is 9.17. The summed E-state index contributed by atoms with van der Waals surface area (Å²) in [5.41, 5.74) is 0.410. The Balaban J connectivity index is 2.20. The van der Waals surface area contributed by atoms with Crippen molar-refractivity contribution < 1.29 is 19.4 Å². The maximum Gasteiger partial charge on any atom is 0.329 e. The van der Waals surface area contributed by atoms with E-state index >= 15 is 0 Å². The third-order valence-corrected chi connectivity index (χ3v) is 2.78. The van der Waals surface area contributed by atoms with Gasteiger partial charge in [0.1, 0.15) is 11.8 Å². The lowest BCUT2D eigenvalue weighted by molar-refractivity contribution is -0.144. The SMILES string of the molecule is COC(=O)[C@@H]1CC=CN1C(=O)c1ccc(O)cc1. The van der Waals surface area contributed by atoms with Crippen LogP contribution < -0.4 is 0 Å². The molecule has 1 aliphatic rings.